The van der Waals surface area contributed by atoms with Gasteiger partial charge in [0, 0.05) is 43.6 Å². The number of rotatable bonds is 3. The molecule has 0 bridgehead atoms. The lowest BCUT2D eigenvalue weighted by atomic mass is 9.98. The summed E-state index contributed by atoms with van der Waals surface area (Å²) in [5, 5.41) is 21.1. The lowest BCUT2D eigenvalue weighted by Crippen LogP contribution is -2.55. The van der Waals surface area contributed by atoms with Crippen molar-refractivity contribution in [3.8, 4) is 11.9 Å². The Bertz CT molecular complexity index is 1300. The summed E-state index contributed by atoms with van der Waals surface area (Å²) in [4.78, 5) is 30.0. The molecule has 0 unspecified atom stereocenters. The van der Waals surface area contributed by atoms with Crippen LogP contribution in [0.2, 0.25) is 0 Å². The SMILES string of the molecule is C[C@H]1CN(C(=O)OC(C)(C)C)CCN1c1ncnc2c1c(C(C)(C)O)cn2-c1cc(C#N)ccn1. The smallest absolute Gasteiger partial charge is 0.410 e. The number of amides is 1. The number of aromatic nitrogens is 4. The molecule has 1 saturated heterocycles. The zero-order valence-corrected chi connectivity index (χ0v) is 21.0. The molecule has 35 heavy (non-hydrogen) atoms. The van der Waals surface area contributed by atoms with Crippen LogP contribution in [0.4, 0.5) is 10.6 Å². The molecular formula is C25H31N7O3. The van der Waals surface area contributed by atoms with E-state index in [0.29, 0.717) is 53.4 Å². The van der Waals surface area contributed by atoms with Gasteiger partial charge in [0.25, 0.3) is 0 Å². The van der Waals surface area contributed by atoms with Gasteiger partial charge in [0.2, 0.25) is 0 Å². The van der Waals surface area contributed by atoms with E-state index in [1.54, 1.807) is 47.8 Å². The molecule has 3 aromatic heterocycles. The third-order valence-corrected chi connectivity index (χ3v) is 5.89. The van der Waals surface area contributed by atoms with Gasteiger partial charge in [-0.25, -0.2) is 19.7 Å². The van der Waals surface area contributed by atoms with Gasteiger partial charge < -0.3 is 19.6 Å². The Balaban J connectivity index is 1.76. The van der Waals surface area contributed by atoms with E-state index < -0.39 is 11.2 Å². The summed E-state index contributed by atoms with van der Waals surface area (Å²) in [5.41, 5.74) is -0.0388. The van der Waals surface area contributed by atoms with E-state index in [1.165, 1.54) is 6.33 Å². The first-order chi connectivity index (χ1) is 16.4. The number of carbonyl (C=O) groups excluding carboxylic acids is 1. The van der Waals surface area contributed by atoms with Crippen molar-refractivity contribution in [2.24, 2.45) is 0 Å². The van der Waals surface area contributed by atoms with Gasteiger partial charge in [0.15, 0.2) is 5.65 Å². The number of nitrogens with zero attached hydrogens (tertiary/aromatic N) is 7. The summed E-state index contributed by atoms with van der Waals surface area (Å²) in [6.45, 7) is 12.5. The minimum absolute atomic E-state index is 0.0487. The Kier molecular flexibility index (Phi) is 6.15. The van der Waals surface area contributed by atoms with Gasteiger partial charge in [-0.2, -0.15) is 5.26 Å². The van der Waals surface area contributed by atoms with Crippen molar-refractivity contribution in [3.63, 3.8) is 0 Å². The number of hydrogen-bond donors (Lipinski definition) is 1. The average molecular weight is 478 g/mol. The number of anilines is 1. The quantitative estimate of drug-likeness (QED) is 0.610. The van der Waals surface area contributed by atoms with Crippen LogP contribution in [0.3, 0.4) is 0 Å². The lowest BCUT2D eigenvalue weighted by Gasteiger charge is -2.41. The zero-order valence-electron chi connectivity index (χ0n) is 21.0. The van der Waals surface area contributed by atoms with E-state index in [0.717, 1.165) is 0 Å². The van der Waals surface area contributed by atoms with Gasteiger partial charge in [0.05, 0.1) is 22.6 Å². The predicted octanol–water partition coefficient (Wildman–Crippen LogP) is 3.36. The van der Waals surface area contributed by atoms with Gasteiger partial charge in [-0.1, -0.05) is 0 Å². The number of hydrogen-bond acceptors (Lipinski definition) is 8. The molecule has 1 N–H and O–H groups in total. The molecule has 4 heterocycles. The highest BCUT2D eigenvalue weighted by atomic mass is 16.6. The second-order valence-electron chi connectivity index (χ2n) is 10.4. The highest BCUT2D eigenvalue weighted by Gasteiger charge is 2.34. The molecule has 0 aliphatic carbocycles. The normalized spacial score (nSPS) is 16.9. The number of carbonyl (C=O) groups is 1. The third kappa shape index (κ3) is 4.91. The minimum Gasteiger partial charge on any atom is -0.444 e. The topological polar surface area (TPSA) is 120 Å². The number of ether oxygens (including phenoxy) is 1. The number of pyridine rings is 1. The third-order valence-electron chi connectivity index (χ3n) is 5.89. The molecule has 4 rings (SSSR count). The summed E-state index contributed by atoms with van der Waals surface area (Å²) in [7, 11) is 0. The molecular weight excluding hydrogens is 446 g/mol. The molecule has 1 fully saturated rings. The van der Waals surface area contributed by atoms with E-state index in [9.17, 15) is 15.2 Å². The maximum absolute atomic E-state index is 12.6. The number of piperazine rings is 1. The Morgan fingerprint density at radius 2 is 1.94 bits per heavy atom. The van der Waals surface area contributed by atoms with Gasteiger partial charge in [-0.15, -0.1) is 0 Å². The van der Waals surface area contributed by atoms with Crippen LogP contribution in [-0.2, 0) is 10.3 Å². The molecule has 184 valence electrons. The van der Waals surface area contributed by atoms with Crippen LogP contribution in [0.5, 0.6) is 0 Å². The first-order valence-corrected chi connectivity index (χ1v) is 11.6. The van der Waals surface area contributed by atoms with E-state index >= 15 is 0 Å². The number of aliphatic hydroxyl groups is 1. The molecule has 1 aliphatic heterocycles. The Hall–Kier alpha value is -3.71. The van der Waals surface area contributed by atoms with E-state index in [4.69, 9.17) is 4.74 Å². The summed E-state index contributed by atoms with van der Waals surface area (Å²) in [6, 6.07) is 5.40. The molecule has 1 atom stereocenters. The van der Waals surface area contributed by atoms with Crippen molar-refractivity contribution >= 4 is 22.9 Å². The monoisotopic (exact) mass is 477 g/mol. The fourth-order valence-electron chi connectivity index (χ4n) is 4.29. The van der Waals surface area contributed by atoms with Crippen LogP contribution in [0.15, 0.2) is 30.9 Å². The fraction of sp³-hybridized carbons (Fsp3) is 0.480. The molecule has 1 amide bonds. The molecule has 0 saturated carbocycles. The van der Waals surface area contributed by atoms with Crippen LogP contribution in [0.25, 0.3) is 16.9 Å². The lowest BCUT2D eigenvalue weighted by molar-refractivity contribution is 0.0218. The van der Waals surface area contributed by atoms with Crippen molar-refractivity contribution in [2.45, 2.75) is 58.8 Å². The molecule has 1 aliphatic rings. The predicted molar refractivity (Wildman–Crippen MR) is 131 cm³/mol. The highest BCUT2D eigenvalue weighted by Crippen LogP contribution is 2.37. The minimum atomic E-state index is -1.18. The maximum Gasteiger partial charge on any atom is 0.410 e. The van der Waals surface area contributed by atoms with E-state index in [2.05, 4.69) is 25.9 Å². The van der Waals surface area contributed by atoms with Gasteiger partial charge in [0.1, 0.15) is 23.6 Å². The highest BCUT2D eigenvalue weighted by molar-refractivity contribution is 5.93. The van der Waals surface area contributed by atoms with Crippen LogP contribution in [0, 0.1) is 11.3 Å². The van der Waals surface area contributed by atoms with Crippen molar-refractivity contribution in [3.05, 3.63) is 42.0 Å². The number of fused-ring (bicyclic) bond motifs is 1. The van der Waals surface area contributed by atoms with Crippen LogP contribution in [0.1, 0.15) is 52.7 Å². The summed E-state index contributed by atoms with van der Waals surface area (Å²) < 4.78 is 7.32. The molecule has 3 aromatic rings. The first kappa shape index (κ1) is 24.4. The van der Waals surface area contributed by atoms with Gasteiger partial charge in [-0.05, 0) is 53.7 Å². The summed E-state index contributed by atoms with van der Waals surface area (Å²) in [6.07, 6.45) is 4.53. The van der Waals surface area contributed by atoms with Crippen molar-refractivity contribution < 1.29 is 14.6 Å². The summed E-state index contributed by atoms with van der Waals surface area (Å²) >= 11 is 0. The van der Waals surface area contributed by atoms with Crippen LogP contribution >= 0.6 is 0 Å². The molecule has 0 aromatic carbocycles. The fourth-order valence-corrected chi connectivity index (χ4v) is 4.29. The molecule has 10 nitrogen and oxygen atoms in total. The summed E-state index contributed by atoms with van der Waals surface area (Å²) in [5.74, 6) is 1.20. The molecule has 10 heteroatoms. The van der Waals surface area contributed by atoms with Crippen molar-refractivity contribution in [1.29, 1.82) is 5.26 Å². The van der Waals surface area contributed by atoms with E-state index in [1.807, 2.05) is 27.7 Å². The van der Waals surface area contributed by atoms with Gasteiger partial charge >= 0.3 is 6.09 Å². The Labute approximate surface area is 204 Å². The van der Waals surface area contributed by atoms with Crippen LogP contribution < -0.4 is 4.90 Å². The standard InChI is InChI=1S/C25H31N7O3/c1-16-13-30(23(33)35-24(2,3)4)9-10-31(16)21-20-18(25(5,6)34)14-32(22(20)29-15-28-21)19-11-17(12-26)7-8-27-19/h7-8,11,14-16,34H,9-10,13H2,1-6H3/t16-/m0/s1. The second-order valence-corrected chi connectivity index (χ2v) is 10.4. The Morgan fingerprint density at radius 3 is 2.57 bits per heavy atom. The molecule has 0 radical (unpaired) electrons. The van der Waals surface area contributed by atoms with Crippen molar-refractivity contribution in [1.82, 2.24) is 24.4 Å². The maximum atomic E-state index is 12.6. The van der Waals surface area contributed by atoms with Crippen LogP contribution in [-0.4, -0.2) is 66.9 Å². The van der Waals surface area contributed by atoms with E-state index in [-0.39, 0.29) is 12.1 Å². The van der Waals surface area contributed by atoms with Crippen molar-refractivity contribution in [2.75, 3.05) is 24.5 Å². The first-order valence-electron chi connectivity index (χ1n) is 11.6. The van der Waals surface area contributed by atoms with Gasteiger partial charge in [-0.3, -0.25) is 4.57 Å². The molecule has 0 spiro atoms. The average Bonchev–Trinajstić information content (AvgIpc) is 3.18. The largest absolute Gasteiger partial charge is 0.444 e. The second kappa shape index (κ2) is 8.82. The number of nitriles is 1. The zero-order chi connectivity index (χ0) is 25.5. The Morgan fingerprint density at radius 1 is 1.20 bits per heavy atom.